The molecule has 2 N–H and O–H groups in total. The fraction of sp³-hybridized carbons (Fsp3) is 0.565. The van der Waals surface area contributed by atoms with Crippen molar-refractivity contribution in [1.82, 2.24) is 4.90 Å². The van der Waals surface area contributed by atoms with Gasteiger partial charge in [0.1, 0.15) is 0 Å². The molecule has 1 aliphatic rings. The number of carboxylic acid groups (broad SMARTS) is 2. The zero-order valence-corrected chi connectivity index (χ0v) is 18.5. The van der Waals surface area contributed by atoms with E-state index in [1.807, 2.05) is 25.1 Å². The Hall–Kier alpha value is -2.54. The molecule has 0 saturated carbocycles. The van der Waals surface area contributed by atoms with Gasteiger partial charge >= 0.3 is 11.9 Å². The van der Waals surface area contributed by atoms with Gasteiger partial charge in [0.2, 0.25) is 0 Å². The summed E-state index contributed by atoms with van der Waals surface area (Å²) in [4.78, 5) is 20.8. The van der Waals surface area contributed by atoms with Crippen LogP contribution < -0.4 is 9.47 Å². The minimum Gasteiger partial charge on any atom is -0.493 e. The normalized spacial score (nSPS) is 19.1. The molecule has 0 aliphatic carbocycles. The van der Waals surface area contributed by atoms with Crippen LogP contribution in [0.2, 0.25) is 0 Å². The monoisotopic (exact) mass is 421 g/mol. The third-order valence-electron chi connectivity index (χ3n) is 4.80. The van der Waals surface area contributed by atoms with Gasteiger partial charge in [0, 0.05) is 13.1 Å². The number of unbranched alkanes of at least 4 members (excludes halogenated alkanes) is 1. The number of piperidine rings is 1. The van der Waals surface area contributed by atoms with Gasteiger partial charge in [-0.15, -0.1) is 0 Å². The van der Waals surface area contributed by atoms with Crippen LogP contribution in [-0.4, -0.2) is 60.4 Å². The predicted molar refractivity (Wildman–Crippen MR) is 117 cm³/mol. The van der Waals surface area contributed by atoms with E-state index in [0.29, 0.717) is 0 Å². The maximum absolute atomic E-state index is 9.10. The van der Waals surface area contributed by atoms with Gasteiger partial charge in [-0.25, -0.2) is 9.59 Å². The summed E-state index contributed by atoms with van der Waals surface area (Å²) in [5.74, 6) is -0.324. The van der Waals surface area contributed by atoms with Crippen molar-refractivity contribution < 1.29 is 29.3 Å². The lowest BCUT2D eigenvalue weighted by molar-refractivity contribution is -0.159. The van der Waals surface area contributed by atoms with Crippen LogP contribution >= 0.6 is 0 Å². The summed E-state index contributed by atoms with van der Waals surface area (Å²) in [6.45, 7) is 11.2. The van der Waals surface area contributed by atoms with Gasteiger partial charge in [-0.05, 0) is 62.3 Å². The zero-order chi connectivity index (χ0) is 22.5. The number of methoxy groups -OCH3 is 1. The predicted octanol–water partition coefficient (Wildman–Crippen LogP) is 4.02. The van der Waals surface area contributed by atoms with Crippen LogP contribution in [0.15, 0.2) is 24.3 Å². The van der Waals surface area contributed by atoms with Crippen molar-refractivity contribution in [1.29, 1.82) is 0 Å². The molecule has 1 fully saturated rings. The number of nitrogens with zero attached hydrogens (tertiary/aromatic N) is 1. The largest absolute Gasteiger partial charge is 0.493 e. The maximum atomic E-state index is 9.10. The van der Waals surface area contributed by atoms with E-state index < -0.39 is 11.9 Å². The third-order valence-corrected chi connectivity index (χ3v) is 4.80. The first-order valence-corrected chi connectivity index (χ1v) is 10.4. The van der Waals surface area contributed by atoms with Crippen LogP contribution in [0, 0.1) is 11.8 Å². The van der Waals surface area contributed by atoms with Gasteiger partial charge in [-0.2, -0.15) is 0 Å². The topological polar surface area (TPSA) is 96.3 Å². The van der Waals surface area contributed by atoms with Crippen LogP contribution in [0.1, 0.15) is 45.6 Å². The molecule has 168 valence electrons. The third kappa shape index (κ3) is 9.78. The number of hydrogen-bond donors (Lipinski definition) is 2. The number of carboxylic acids is 2. The van der Waals surface area contributed by atoms with Gasteiger partial charge < -0.3 is 24.6 Å². The minimum atomic E-state index is -1.82. The summed E-state index contributed by atoms with van der Waals surface area (Å²) in [7, 11) is 1.69. The van der Waals surface area contributed by atoms with Crippen LogP contribution in [0.3, 0.4) is 0 Å². The quantitative estimate of drug-likeness (QED) is 0.483. The molecular weight excluding hydrogens is 386 g/mol. The maximum Gasteiger partial charge on any atom is 0.414 e. The molecule has 0 aromatic heterocycles. The van der Waals surface area contributed by atoms with Crippen molar-refractivity contribution in [3.63, 3.8) is 0 Å². The van der Waals surface area contributed by atoms with E-state index in [1.165, 1.54) is 32.5 Å². The lowest BCUT2D eigenvalue weighted by Crippen LogP contribution is -2.39. The lowest BCUT2D eigenvalue weighted by atomic mass is 9.92. The van der Waals surface area contributed by atoms with Crippen LogP contribution in [0.25, 0.3) is 6.08 Å². The summed E-state index contributed by atoms with van der Waals surface area (Å²) in [6, 6.07) is 6.09. The van der Waals surface area contributed by atoms with Crippen molar-refractivity contribution in [2.75, 3.05) is 33.4 Å². The first kappa shape index (κ1) is 25.5. The van der Waals surface area contributed by atoms with Gasteiger partial charge in [0.15, 0.2) is 11.5 Å². The number of rotatable bonds is 8. The molecule has 0 radical (unpaired) electrons. The van der Waals surface area contributed by atoms with Crippen molar-refractivity contribution >= 4 is 18.0 Å². The van der Waals surface area contributed by atoms with Gasteiger partial charge in [0.05, 0.1) is 13.7 Å². The molecule has 30 heavy (non-hydrogen) atoms. The highest BCUT2D eigenvalue weighted by Crippen LogP contribution is 2.29. The van der Waals surface area contributed by atoms with E-state index in [-0.39, 0.29) is 0 Å². The molecule has 2 unspecified atom stereocenters. The van der Waals surface area contributed by atoms with Crippen molar-refractivity contribution in [3.8, 4) is 11.5 Å². The first-order valence-electron chi connectivity index (χ1n) is 10.4. The van der Waals surface area contributed by atoms with E-state index in [9.17, 15) is 0 Å². The van der Waals surface area contributed by atoms with Crippen molar-refractivity contribution in [2.24, 2.45) is 11.8 Å². The summed E-state index contributed by atoms with van der Waals surface area (Å²) in [5, 5.41) is 14.8. The standard InChI is InChI=1S/C21H33NO2.C2H2O4/c1-5-8-19-9-10-20(21(14-19)23-4)24-12-7-6-11-22-15-17(2)13-18(3)16-22;3-1(4)2(5)6/h5,8-10,14,17-18H,6-7,11-13,15-16H2,1-4H3;(H,3,4)(H,5,6). The van der Waals surface area contributed by atoms with E-state index >= 15 is 0 Å². The Kier molecular flexibility index (Phi) is 11.6. The molecule has 0 spiro atoms. The Morgan fingerprint density at radius 3 is 2.27 bits per heavy atom. The zero-order valence-electron chi connectivity index (χ0n) is 18.5. The lowest BCUT2D eigenvalue weighted by Gasteiger charge is -2.34. The fourth-order valence-corrected chi connectivity index (χ4v) is 3.69. The van der Waals surface area contributed by atoms with Crippen LogP contribution in [-0.2, 0) is 9.59 Å². The minimum absolute atomic E-state index is 0.748. The summed E-state index contributed by atoms with van der Waals surface area (Å²) >= 11 is 0. The summed E-state index contributed by atoms with van der Waals surface area (Å²) in [5.41, 5.74) is 1.13. The van der Waals surface area contributed by atoms with Gasteiger partial charge in [0.25, 0.3) is 0 Å². The molecule has 0 bridgehead atoms. The number of carbonyl (C=O) groups is 2. The fourth-order valence-electron chi connectivity index (χ4n) is 3.69. The van der Waals surface area contributed by atoms with E-state index in [2.05, 4.69) is 30.9 Å². The molecular formula is C23H35NO6. The second-order valence-corrected chi connectivity index (χ2v) is 7.78. The summed E-state index contributed by atoms with van der Waals surface area (Å²) < 4.78 is 11.4. The van der Waals surface area contributed by atoms with E-state index in [4.69, 9.17) is 29.3 Å². The Morgan fingerprint density at radius 2 is 1.73 bits per heavy atom. The van der Waals surface area contributed by atoms with E-state index in [0.717, 1.165) is 41.9 Å². The summed E-state index contributed by atoms with van der Waals surface area (Å²) in [6.07, 6.45) is 7.74. The molecule has 7 heteroatoms. The molecule has 1 saturated heterocycles. The number of aliphatic carboxylic acids is 2. The highest BCUT2D eigenvalue weighted by Gasteiger charge is 2.20. The SMILES string of the molecule is CC=Cc1ccc(OCCCCN2CC(C)CC(C)C2)c(OC)c1.O=C(O)C(=O)O. The first-order chi connectivity index (χ1) is 14.3. The second-order valence-electron chi connectivity index (χ2n) is 7.78. The molecule has 0 amide bonds. The molecule has 7 nitrogen and oxygen atoms in total. The smallest absolute Gasteiger partial charge is 0.414 e. The Morgan fingerprint density at radius 1 is 1.10 bits per heavy atom. The van der Waals surface area contributed by atoms with E-state index in [1.54, 1.807) is 7.11 Å². The Labute approximate surface area is 179 Å². The van der Waals surface area contributed by atoms with Crippen molar-refractivity contribution in [2.45, 2.75) is 40.0 Å². The van der Waals surface area contributed by atoms with Gasteiger partial charge in [-0.1, -0.05) is 32.1 Å². The number of allylic oxidation sites excluding steroid dienone is 1. The Balaban J connectivity index is 0.000000656. The number of hydrogen-bond acceptors (Lipinski definition) is 5. The second kappa shape index (κ2) is 13.6. The molecule has 1 aromatic carbocycles. The molecule has 1 aromatic rings. The molecule has 1 heterocycles. The number of ether oxygens (including phenoxy) is 2. The average molecular weight is 422 g/mol. The van der Waals surface area contributed by atoms with Gasteiger partial charge in [-0.3, -0.25) is 0 Å². The number of benzene rings is 1. The number of likely N-dealkylation sites (tertiary alicyclic amines) is 1. The van der Waals surface area contributed by atoms with Crippen LogP contribution in [0.4, 0.5) is 0 Å². The molecule has 2 rings (SSSR count). The van der Waals surface area contributed by atoms with Crippen LogP contribution in [0.5, 0.6) is 11.5 Å². The highest BCUT2D eigenvalue weighted by atomic mass is 16.5. The Bertz CT molecular complexity index is 681. The van der Waals surface area contributed by atoms with Crippen molar-refractivity contribution in [3.05, 3.63) is 29.8 Å². The highest BCUT2D eigenvalue weighted by molar-refractivity contribution is 6.27. The average Bonchev–Trinajstić information content (AvgIpc) is 2.68. The molecule has 2 atom stereocenters. The molecule has 1 aliphatic heterocycles.